The third kappa shape index (κ3) is 6.72. The first-order valence-electron chi connectivity index (χ1n) is 16.8. The summed E-state index contributed by atoms with van der Waals surface area (Å²) in [5, 5.41) is 15.9. The highest BCUT2D eigenvalue weighted by Gasteiger charge is 2.33. The zero-order valence-electron chi connectivity index (χ0n) is 28.8. The fourth-order valence-electron chi connectivity index (χ4n) is 6.67. The van der Waals surface area contributed by atoms with Gasteiger partial charge in [0.2, 0.25) is 5.78 Å². The molecule has 0 saturated carbocycles. The van der Waals surface area contributed by atoms with Crippen LogP contribution in [-0.4, -0.2) is 39.8 Å². The summed E-state index contributed by atoms with van der Waals surface area (Å²) < 4.78 is 65.2. The maximum Gasteiger partial charge on any atom is 0.339 e. The molecule has 1 unspecified atom stereocenters. The Bertz CT molecular complexity index is 2650. The lowest BCUT2D eigenvalue weighted by Gasteiger charge is -2.32. The largest absolute Gasteiger partial charge is 0.379 e. The van der Waals surface area contributed by atoms with Crippen LogP contribution in [0.3, 0.4) is 0 Å². The van der Waals surface area contributed by atoms with Crippen LogP contribution in [0.15, 0.2) is 137 Å². The van der Waals surface area contributed by atoms with Crippen LogP contribution in [0.25, 0.3) is 12.2 Å². The molecule has 0 radical (unpaired) electrons. The van der Waals surface area contributed by atoms with Crippen molar-refractivity contribution in [3.05, 3.63) is 166 Å². The minimum atomic E-state index is -4.37. The normalized spacial score (nSPS) is 16.0. The first-order chi connectivity index (χ1) is 25.8. The van der Waals surface area contributed by atoms with E-state index in [0.717, 1.165) is 16.7 Å². The lowest BCUT2D eigenvalue weighted by molar-refractivity contribution is -0.112. The fourth-order valence-corrected chi connectivity index (χ4v) is 8.98. The summed E-state index contributed by atoms with van der Waals surface area (Å²) in [6.45, 7) is 2.00. The van der Waals surface area contributed by atoms with Gasteiger partial charge in [-0.3, -0.25) is 15.0 Å². The molecule has 5 aromatic rings. The van der Waals surface area contributed by atoms with Crippen molar-refractivity contribution < 1.29 is 34.8 Å². The van der Waals surface area contributed by atoms with Gasteiger partial charge < -0.3 is 13.8 Å². The first kappa shape index (κ1) is 36.1. The third-order valence-electron chi connectivity index (χ3n) is 9.59. The Morgan fingerprint density at radius 2 is 1.13 bits per heavy atom. The summed E-state index contributed by atoms with van der Waals surface area (Å²) in [4.78, 5) is 24.3. The molecule has 0 aromatic heterocycles. The number of hydrogen-bond acceptors (Lipinski definition) is 10. The topological polar surface area (TPSA) is 169 Å². The Morgan fingerprint density at radius 3 is 1.72 bits per heavy atom. The van der Waals surface area contributed by atoms with Crippen molar-refractivity contribution >= 4 is 55.4 Å². The standard InChI is InChI=1S/C42H32N2O8S2/c1-42(28-9-3-2-4-10-28,30-18-22-32(23-19-30)52-54(49,50)40-15-7-12-35-34(40)24-25-36(43)41(35)46)29-16-20-31(21-17-29)51-53(47,48)39-14-5-8-27-26-37(44)38(45)13-6-11-33(27)39/h2-12,14-25,43-44H,13,26H2,1H3/b11-6-,43-36?,44-37?. The zero-order chi connectivity index (χ0) is 38.3. The van der Waals surface area contributed by atoms with Crippen LogP contribution in [0, 0.1) is 10.8 Å². The van der Waals surface area contributed by atoms with Crippen molar-refractivity contribution in [3.63, 3.8) is 0 Å². The van der Waals surface area contributed by atoms with Gasteiger partial charge in [0.25, 0.3) is 0 Å². The number of hydrogen-bond donors (Lipinski definition) is 2. The number of carbonyl (C=O) groups excluding carboxylic acids is 2. The SMILES string of the molecule is CC(c1ccccc1)(c1ccc(OS(=O)(=O)c2cccc3c2C=CC(=N)C3=O)cc1)c1ccc(OS(=O)(=O)c2cccc3c2/C=C\CC(=O)C(=N)C3)cc1. The Morgan fingerprint density at radius 1 is 0.593 bits per heavy atom. The molecule has 0 fully saturated rings. The van der Waals surface area contributed by atoms with E-state index in [-0.39, 0.29) is 62.5 Å². The number of fused-ring (bicyclic) bond motifs is 2. The van der Waals surface area contributed by atoms with Crippen LogP contribution in [0.1, 0.15) is 57.1 Å². The summed E-state index contributed by atoms with van der Waals surface area (Å²) in [6, 6.07) is 31.8. The lowest BCUT2D eigenvalue weighted by Crippen LogP contribution is -2.25. The molecule has 270 valence electrons. The second kappa shape index (κ2) is 14.0. The quantitative estimate of drug-likeness (QED) is 0.116. The molecule has 0 saturated heterocycles. The number of carbonyl (C=O) groups is 2. The predicted molar refractivity (Wildman–Crippen MR) is 205 cm³/mol. The van der Waals surface area contributed by atoms with Gasteiger partial charge in [-0.2, -0.15) is 16.8 Å². The van der Waals surface area contributed by atoms with Crippen LogP contribution < -0.4 is 8.37 Å². The maximum absolute atomic E-state index is 13.6. The summed E-state index contributed by atoms with van der Waals surface area (Å²) in [5.74, 6) is -0.762. The van der Waals surface area contributed by atoms with Crippen LogP contribution in [0.4, 0.5) is 0 Å². The number of rotatable bonds is 9. The number of benzene rings is 5. The first-order valence-corrected chi connectivity index (χ1v) is 19.6. The second-order valence-electron chi connectivity index (χ2n) is 12.9. The number of Topliss-reactive ketones (excluding diaryl/α,β-unsaturated/α-hetero) is 2. The van der Waals surface area contributed by atoms with Crippen molar-refractivity contribution in [2.24, 2.45) is 0 Å². The van der Waals surface area contributed by atoms with Gasteiger partial charge in [0.15, 0.2) is 5.78 Å². The van der Waals surface area contributed by atoms with E-state index in [1.165, 1.54) is 36.4 Å². The fraction of sp³-hybridized carbons (Fsp3) is 0.0952. The van der Waals surface area contributed by atoms with Gasteiger partial charge in [-0.25, -0.2) is 0 Å². The molecule has 2 aliphatic carbocycles. The molecule has 0 amide bonds. The molecule has 0 bridgehead atoms. The Kier molecular flexibility index (Phi) is 9.34. The van der Waals surface area contributed by atoms with E-state index in [9.17, 15) is 26.4 Å². The zero-order valence-corrected chi connectivity index (χ0v) is 30.4. The number of ketones is 2. The minimum Gasteiger partial charge on any atom is -0.379 e. The molecule has 2 aliphatic rings. The lowest BCUT2D eigenvalue weighted by atomic mass is 9.71. The van der Waals surface area contributed by atoms with Gasteiger partial charge in [-0.15, -0.1) is 0 Å². The van der Waals surface area contributed by atoms with Crippen LogP contribution in [-0.2, 0) is 36.9 Å². The van der Waals surface area contributed by atoms with E-state index in [4.69, 9.17) is 19.2 Å². The molecular formula is C42H32N2O8S2. The molecule has 5 aromatic carbocycles. The van der Waals surface area contributed by atoms with E-state index >= 15 is 0 Å². The summed E-state index contributed by atoms with van der Waals surface area (Å²) in [7, 11) is -8.68. The van der Waals surface area contributed by atoms with E-state index < -0.39 is 31.4 Å². The summed E-state index contributed by atoms with van der Waals surface area (Å²) >= 11 is 0. The van der Waals surface area contributed by atoms with Crippen LogP contribution >= 0.6 is 0 Å². The highest BCUT2D eigenvalue weighted by Crippen LogP contribution is 2.40. The summed E-state index contributed by atoms with van der Waals surface area (Å²) in [6.07, 6.45) is 5.83. The van der Waals surface area contributed by atoms with Gasteiger partial charge in [0, 0.05) is 29.4 Å². The van der Waals surface area contributed by atoms with Gasteiger partial charge >= 0.3 is 20.2 Å². The van der Waals surface area contributed by atoms with Gasteiger partial charge in [-0.05, 0) is 77.2 Å². The van der Waals surface area contributed by atoms with Crippen molar-refractivity contribution in [3.8, 4) is 11.5 Å². The van der Waals surface area contributed by atoms with E-state index in [0.29, 0.717) is 11.1 Å². The van der Waals surface area contributed by atoms with Gasteiger partial charge in [-0.1, -0.05) is 97.1 Å². The van der Waals surface area contributed by atoms with Crippen molar-refractivity contribution in [1.29, 1.82) is 10.8 Å². The molecule has 1 atom stereocenters. The second-order valence-corrected chi connectivity index (χ2v) is 16.0. The van der Waals surface area contributed by atoms with E-state index in [2.05, 4.69) is 0 Å². The van der Waals surface area contributed by atoms with Gasteiger partial charge in [0.1, 0.15) is 27.0 Å². The Hall–Kier alpha value is -6.24. The van der Waals surface area contributed by atoms with Crippen LogP contribution in [0.5, 0.6) is 11.5 Å². The van der Waals surface area contributed by atoms with Crippen molar-refractivity contribution in [2.45, 2.75) is 35.0 Å². The molecular weight excluding hydrogens is 725 g/mol. The summed E-state index contributed by atoms with van der Waals surface area (Å²) in [5.41, 5.74) is 2.53. The molecule has 54 heavy (non-hydrogen) atoms. The maximum atomic E-state index is 13.6. The molecule has 12 heteroatoms. The molecule has 10 nitrogen and oxygen atoms in total. The highest BCUT2D eigenvalue weighted by molar-refractivity contribution is 7.87. The Balaban J connectivity index is 1.17. The van der Waals surface area contributed by atoms with E-state index in [1.54, 1.807) is 72.8 Å². The molecule has 0 heterocycles. The van der Waals surface area contributed by atoms with Crippen LogP contribution in [0.2, 0.25) is 0 Å². The molecule has 0 aliphatic heterocycles. The minimum absolute atomic E-state index is 0.00778. The number of nitrogens with one attached hydrogen (secondary N) is 2. The molecule has 0 spiro atoms. The van der Waals surface area contributed by atoms with Gasteiger partial charge in [0.05, 0.1) is 5.71 Å². The number of allylic oxidation sites excluding steroid dienone is 2. The van der Waals surface area contributed by atoms with Crippen molar-refractivity contribution in [2.75, 3.05) is 0 Å². The third-order valence-corrected chi connectivity index (χ3v) is 12.2. The molecule has 2 N–H and O–H groups in total. The van der Waals surface area contributed by atoms with Crippen molar-refractivity contribution in [1.82, 2.24) is 0 Å². The predicted octanol–water partition coefficient (Wildman–Crippen LogP) is 7.35. The highest BCUT2D eigenvalue weighted by atomic mass is 32.2. The smallest absolute Gasteiger partial charge is 0.339 e. The average molecular weight is 757 g/mol. The Labute approximate surface area is 312 Å². The molecule has 7 rings (SSSR count). The average Bonchev–Trinajstić information content (AvgIpc) is 3.16. The monoisotopic (exact) mass is 756 g/mol. The van der Waals surface area contributed by atoms with E-state index in [1.807, 2.05) is 37.3 Å².